The Morgan fingerprint density at radius 3 is 2.58 bits per heavy atom. The molecule has 0 aliphatic heterocycles. The monoisotopic (exact) mass is 298 g/mol. The molecule has 0 aliphatic carbocycles. The SMILES string of the molecule is CSc1ccccc1Oc1c(N)cc(N)c(Cl)c1F. The smallest absolute Gasteiger partial charge is 0.188 e. The van der Waals surface area contributed by atoms with Gasteiger partial charge in [-0.15, -0.1) is 11.8 Å². The van der Waals surface area contributed by atoms with E-state index in [1.165, 1.54) is 17.8 Å². The molecule has 3 nitrogen and oxygen atoms in total. The van der Waals surface area contributed by atoms with Crippen molar-refractivity contribution in [3.05, 3.63) is 41.2 Å². The van der Waals surface area contributed by atoms with Crippen molar-refractivity contribution < 1.29 is 9.13 Å². The van der Waals surface area contributed by atoms with Crippen LogP contribution in [0.4, 0.5) is 15.8 Å². The van der Waals surface area contributed by atoms with Crippen molar-refractivity contribution in [2.45, 2.75) is 4.90 Å². The Bertz CT molecular complexity index is 622. The highest BCUT2D eigenvalue weighted by Gasteiger charge is 2.17. The Morgan fingerprint density at radius 1 is 1.21 bits per heavy atom. The van der Waals surface area contributed by atoms with E-state index in [9.17, 15) is 4.39 Å². The van der Waals surface area contributed by atoms with Crippen LogP contribution in [-0.2, 0) is 0 Å². The van der Waals surface area contributed by atoms with Crippen LogP contribution < -0.4 is 16.2 Å². The van der Waals surface area contributed by atoms with E-state index in [1.54, 1.807) is 12.1 Å². The van der Waals surface area contributed by atoms with Crippen LogP contribution in [0.3, 0.4) is 0 Å². The molecule has 2 rings (SSSR count). The molecule has 0 aromatic heterocycles. The first-order valence-electron chi connectivity index (χ1n) is 5.38. The molecule has 0 radical (unpaired) electrons. The van der Waals surface area contributed by atoms with Gasteiger partial charge in [-0.25, -0.2) is 4.39 Å². The Balaban J connectivity index is 2.47. The molecule has 0 aliphatic rings. The van der Waals surface area contributed by atoms with E-state index in [-0.39, 0.29) is 22.1 Å². The molecule has 0 amide bonds. The maximum absolute atomic E-state index is 14.0. The molecule has 0 spiro atoms. The fourth-order valence-corrected chi connectivity index (χ4v) is 2.23. The summed E-state index contributed by atoms with van der Waals surface area (Å²) in [7, 11) is 0. The zero-order valence-electron chi connectivity index (χ0n) is 10.1. The zero-order valence-corrected chi connectivity index (χ0v) is 11.7. The molecule has 4 N–H and O–H groups in total. The van der Waals surface area contributed by atoms with Gasteiger partial charge in [0.2, 0.25) is 0 Å². The largest absolute Gasteiger partial charge is 0.451 e. The number of para-hydroxylation sites is 1. The van der Waals surface area contributed by atoms with E-state index < -0.39 is 5.82 Å². The lowest BCUT2D eigenvalue weighted by atomic mass is 10.2. The lowest BCUT2D eigenvalue weighted by molar-refractivity contribution is 0.436. The summed E-state index contributed by atoms with van der Waals surface area (Å²) in [5.41, 5.74) is 11.4. The number of halogens is 2. The number of hydrogen-bond acceptors (Lipinski definition) is 4. The molecule has 0 unspecified atom stereocenters. The van der Waals surface area contributed by atoms with Crippen molar-refractivity contribution in [1.82, 2.24) is 0 Å². The fourth-order valence-electron chi connectivity index (χ4n) is 1.57. The summed E-state index contributed by atoms with van der Waals surface area (Å²) in [6, 6.07) is 8.64. The zero-order chi connectivity index (χ0) is 14.0. The number of ether oxygens (including phenoxy) is 1. The number of nitrogen functional groups attached to an aromatic ring is 2. The van der Waals surface area contributed by atoms with Crippen LogP contribution in [0.2, 0.25) is 5.02 Å². The predicted molar refractivity (Wildman–Crippen MR) is 78.5 cm³/mol. The minimum Gasteiger partial charge on any atom is -0.451 e. The minimum absolute atomic E-state index is 0.0853. The highest BCUT2D eigenvalue weighted by molar-refractivity contribution is 7.98. The van der Waals surface area contributed by atoms with Gasteiger partial charge in [-0.3, -0.25) is 0 Å². The van der Waals surface area contributed by atoms with Crippen LogP contribution in [0.1, 0.15) is 0 Å². The second-order valence-electron chi connectivity index (χ2n) is 3.77. The summed E-state index contributed by atoms with van der Waals surface area (Å²) >= 11 is 7.24. The molecule has 0 atom stereocenters. The van der Waals surface area contributed by atoms with Gasteiger partial charge in [0.25, 0.3) is 0 Å². The molecule has 0 saturated carbocycles. The van der Waals surface area contributed by atoms with E-state index in [2.05, 4.69) is 0 Å². The quantitative estimate of drug-likeness (QED) is 0.660. The molecule has 2 aromatic carbocycles. The third-order valence-electron chi connectivity index (χ3n) is 2.50. The van der Waals surface area contributed by atoms with Crippen LogP contribution in [0, 0.1) is 5.82 Å². The van der Waals surface area contributed by atoms with Crippen molar-refractivity contribution >= 4 is 34.7 Å². The third kappa shape index (κ3) is 2.72. The molecular weight excluding hydrogens is 287 g/mol. The lowest BCUT2D eigenvalue weighted by Gasteiger charge is -2.13. The average molecular weight is 299 g/mol. The van der Waals surface area contributed by atoms with Gasteiger partial charge in [0, 0.05) is 4.90 Å². The van der Waals surface area contributed by atoms with Gasteiger partial charge in [0.1, 0.15) is 10.8 Å². The first-order chi connectivity index (χ1) is 9.04. The highest BCUT2D eigenvalue weighted by Crippen LogP contribution is 2.40. The van der Waals surface area contributed by atoms with Crippen molar-refractivity contribution in [1.29, 1.82) is 0 Å². The summed E-state index contributed by atoms with van der Waals surface area (Å²) in [6.45, 7) is 0. The third-order valence-corrected chi connectivity index (χ3v) is 3.66. The molecule has 0 fully saturated rings. The summed E-state index contributed by atoms with van der Waals surface area (Å²) in [4.78, 5) is 0.870. The standard InChI is InChI=1S/C13H12ClFN2OS/c1-19-10-5-3-2-4-9(10)18-13-8(17)6-7(16)11(14)12(13)15/h2-6H,16-17H2,1H3. The molecule has 2 aromatic rings. The summed E-state index contributed by atoms with van der Waals surface area (Å²) in [5, 5.41) is -0.189. The van der Waals surface area contributed by atoms with Crippen molar-refractivity contribution in [3.8, 4) is 11.5 Å². The number of nitrogens with two attached hydrogens (primary N) is 2. The number of hydrogen-bond donors (Lipinski definition) is 2. The van der Waals surface area contributed by atoms with Crippen LogP contribution in [0.15, 0.2) is 35.2 Å². The maximum Gasteiger partial charge on any atom is 0.188 e. The highest BCUT2D eigenvalue weighted by atomic mass is 35.5. The Labute approximate surface area is 119 Å². The Hall–Kier alpha value is -1.59. The van der Waals surface area contributed by atoms with Gasteiger partial charge in [0.05, 0.1) is 11.4 Å². The van der Waals surface area contributed by atoms with Crippen LogP contribution in [0.25, 0.3) is 0 Å². The topological polar surface area (TPSA) is 61.3 Å². The number of benzene rings is 2. The van der Waals surface area contributed by atoms with E-state index in [0.29, 0.717) is 5.75 Å². The van der Waals surface area contributed by atoms with Gasteiger partial charge in [0.15, 0.2) is 11.6 Å². The van der Waals surface area contributed by atoms with Gasteiger partial charge < -0.3 is 16.2 Å². The first kappa shape index (κ1) is 13.8. The van der Waals surface area contributed by atoms with E-state index >= 15 is 0 Å². The van der Waals surface area contributed by atoms with Crippen LogP contribution in [0.5, 0.6) is 11.5 Å². The first-order valence-corrected chi connectivity index (χ1v) is 6.98. The van der Waals surface area contributed by atoms with Crippen LogP contribution >= 0.6 is 23.4 Å². The Kier molecular flexibility index (Phi) is 4.07. The van der Waals surface area contributed by atoms with Gasteiger partial charge >= 0.3 is 0 Å². The van der Waals surface area contributed by atoms with Gasteiger partial charge in [-0.2, -0.15) is 0 Å². The van der Waals surface area contributed by atoms with Crippen molar-refractivity contribution in [2.75, 3.05) is 17.7 Å². The van der Waals surface area contributed by atoms with Crippen molar-refractivity contribution in [3.63, 3.8) is 0 Å². The average Bonchev–Trinajstić information content (AvgIpc) is 2.41. The number of rotatable bonds is 3. The second kappa shape index (κ2) is 5.59. The Morgan fingerprint density at radius 2 is 1.89 bits per heavy atom. The van der Waals surface area contributed by atoms with Crippen LogP contribution in [-0.4, -0.2) is 6.26 Å². The molecule has 0 heterocycles. The second-order valence-corrected chi connectivity index (χ2v) is 4.99. The van der Waals surface area contributed by atoms with Gasteiger partial charge in [-0.1, -0.05) is 23.7 Å². The maximum atomic E-state index is 14.0. The lowest BCUT2D eigenvalue weighted by Crippen LogP contribution is -2.00. The molecule has 6 heteroatoms. The molecule has 19 heavy (non-hydrogen) atoms. The molecule has 0 bridgehead atoms. The molecule has 0 saturated heterocycles. The summed E-state index contributed by atoms with van der Waals surface area (Å²) < 4.78 is 19.6. The van der Waals surface area contributed by atoms with E-state index in [1.807, 2.05) is 18.4 Å². The molecular formula is C13H12ClFN2OS. The normalized spacial score (nSPS) is 10.5. The number of thioether (sulfide) groups is 1. The van der Waals surface area contributed by atoms with Crippen molar-refractivity contribution in [2.24, 2.45) is 0 Å². The van der Waals surface area contributed by atoms with E-state index in [4.69, 9.17) is 27.8 Å². The summed E-state index contributed by atoms with van der Waals surface area (Å²) in [6.07, 6.45) is 1.90. The fraction of sp³-hybridized carbons (Fsp3) is 0.0769. The van der Waals surface area contributed by atoms with Gasteiger partial charge in [-0.05, 0) is 24.5 Å². The number of anilines is 2. The predicted octanol–water partition coefficient (Wildman–Crippen LogP) is 4.16. The molecule has 100 valence electrons. The van der Waals surface area contributed by atoms with E-state index in [0.717, 1.165) is 4.90 Å². The minimum atomic E-state index is -0.755. The summed E-state index contributed by atoms with van der Waals surface area (Å²) in [5.74, 6) is -0.350.